The molecule has 0 aliphatic heterocycles. The SMILES string of the molecule is Cc1cccc(Cc2noc(-c3cc(N)cc(Cl)c3)n2)c1. The zero-order chi connectivity index (χ0) is 14.8. The highest BCUT2D eigenvalue weighted by Crippen LogP contribution is 2.25. The molecule has 0 saturated heterocycles. The van der Waals surface area contributed by atoms with Crippen LogP contribution in [-0.2, 0) is 6.42 Å². The summed E-state index contributed by atoms with van der Waals surface area (Å²) in [5.41, 5.74) is 9.41. The number of aryl methyl sites for hydroxylation is 1. The minimum Gasteiger partial charge on any atom is -0.399 e. The molecule has 106 valence electrons. The number of rotatable bonds is 3. The molecular formula is C16H14ClN3O. The number of nitrogens with zero attached hydrogens (tertiary/aromatic N) is 2. The van der Waals surface area contributed by atoms with Gasteiger partial charge in [0, 0.05) is 22.7 Å². The Morgan fingerprint density at radius 3 is 2.81 bits per heavy atom. The molecule has 5 heteroatoms. The summed E-state index contributed by atoms with van der Waals surface area (Å²) in [4.78, 5) is 4.40. The lowest BCUT2D eigenvalue weighted by Gasteiger charge is -1.99. The maximum atomic E-state index is 5.98. The molecule has 0 bridgehead atoms. The van der Waals surface area contributed by atoms with E-state index in [-0.39, 0.29) is 0 Å². The molecule has 2 aromatic carbocycles. The summed E-state index contributed by atoms with van der Waals surface area (Å²) in [5, 5.41) is 4.55. The highest BCUT2D eigenvalue weighted by atomic mass is 35.5. The summed E-state index contributed by atoms with van der Waals surface area (Å²) >= 11 is 5.98. The Labute approximate surface area is 127 Å². The first-order chi connectivity index (χ1) is 10.1. The monoisotopic (exact) mass is 299 g/mol. The normalized spacial score (nSPS) is 10.8. The van der Waals surface area contributed by atoms with Gasteiger partial charge in [-0.25, -0.2) is 0 Å². The molecule has 0 aliphatic carbocycles. The topological polar surface area (TPSA) is 64.9 Å². The van der Waals surface area contributed by atoms with Gasteiger partial charge in [0.2, 0.25) is 0 Å². The van der Waals surface area contributed by atoms with E-state index in [1.54, 1.807) is 18.2 Å². The van der Waals surface area contributed by atoms with E-state index >= 15 is 0 Å². The standard InChI is InChI=1S/C16H14ClN3O/c1-10-3-2-4-11(5-10)6-15-19-16(21-20-15)12-7-13(17)9-14(18)8-12/h2-5,7-9H,6,18H2,1H3. The van der Waals surface area contributed by atoms with Crippen LogP contribution in [0.2, 0.25) is 5.02 Å². The predicted molar refractivity (Wildman–Crippen MR) is 83.1 cm³/mol. The van der Waals surface area contributed by atoms with Gasteiger partial charge in [-0.05, 0) is 30.7 Å². The largest absolute Gasteiger partial charge is 0.399 e. The first kappa shape index (κ1) is 13.6. The number of anilines is 1. The van der Waals surface area contributed by atoms with Crippen LogP contribution in [0.3, 0.4) is 0 Å². The molecule has 1 aromatic heterocycles. The molecule has 0 amide bonds. The van der Waals surface area contributed by atoms with Crippen molar-refractivity contribution in [3.05, 3.63) is 64.4 Å². The van der Waals surface area contributed by atoms with Crippen molar-refractivity contribution >= 4 is 17.3 Å². The van der Waals surface area contributed by atoms with Crippen molar-refractivity contribution in [1.29, 1.82) is 0 Å². The van der Waals surface area contributed by atoms with E-state index in [0.717, 1.165) is 11.1 Å². The second kappa shape index (κ2) is 5.58. The molecule has 0 saturated carbocycles. The van der Waals surface area contributed by atoms with Gasteiger partial charge in [-0.15, -0.1) is 0 Å². The van der Waals surface area contributed by atoms with Crippen molar-refractivity contribution in [2.24, 2.45) is 0 Å². The van der Waals surface area contributed by atoms with E-state index in [9.17, 15) is 0 Å². The molecule has 0 atom stereocenters. The molecule has 0 fully saturated rings. The minimum absolute atomic E-state index is 0.423. The Bertz CT molecular complexity index is 762. The lowest BCUT2D eigenvalue weighted by Crippen LogP contribution is -1.91. The number of hydrogen-bond donors (Lipinski definition) is 1. The summed E-state index contributed by atoms with van der Waals surface area (Å²) in [5.74, 6) is 1.06. The summed E-state index contributed by atoms with van der Waals surface area (Å²) in [7, 11) is 0. The van der Waals surface area contributed by atoms with Gasteiger partial charge in [0.15, 0.2) is 5.82 Å². The third-order valence-corrected chi connectivity index (χ3v) is 3.30. The molecule has 0 spiro atoms. The Balaban J connectivity index is 1.86. The fourth-order valence-corrected chi connectivity index (χ4v) is 2.43. The quantitative estimate of drug-likeness (QED) is 0.746. The molecule has 21 heavy (non-hydrogen) atoms. The number of aromatic nitrogens is 2. The van der Waals surface area contributed by atoms with Crippen molar-refractivity contribution in [3.63, 3.8) is 0 Å². The predicted octanol–water partition coefficient (Wildman–Crippen LogP) is 3.87. The van der Waals surface area contributed by atoms with E-state index in [0.29, 0.717) is 28.8 Å². The van der Waals surface area contributed by atoms with Gasteiger partial charge in [-0.2, -0.15) is 4.98 Å². The lowest BCUT2D eigenvalue weighted by atomic mass is 10.1. The number of halogens is 1. The molecule has 3 aromatic rings. The maximum absolute atomic E-state index is 5.98. The number of benzene rings is 2. The van der Waals surface area contributed by atoms with Crippen LogP contribution in [0.15, 0.2) is 47.0 Å². The third kappa shape index (κ3) is 3.23. The highest BCUT2D eigenvalue weighted by molar-refractivity contribution is 6.31. The van der Waals surface area contributed by atoms with Gasteiger partial charge in [-0.3, -0.25) is 0 Å². The van der Waals surface area contributed by atoms with E-state index in [1.807, 2.05) is 12.1 Å². The lowest BCUT2D eigenvalue weighted by molar-refractivity contribution is 0.424. The van der Waals surface area contributed by atoms with Crippen LogP contribution in [0.25, 0.3) is 11.5 Å². The smallest absolute Gasteiger partial charge is 0.258 e. The van der Waals surface area contributed by atoms with Crippen molar-refractivity contribution in [2.75, 3.05) is 5.73 Å². The fourth-order valence-electron chi connectivity index (χ4n) is 2.18. The van der Waals surface area contributed by atoms with Crippen LogP contribution in [0, 0.1) is 6.92 Å². The summed E-state index contributed by atoms with van der Waals surface area (Å²) < 4.78 is 5.29. The maximum Gasteiger partial charge on any atom is 0.258 e. The first-order valence-corrected chi connectivity index (χ1v) is 6.92. The van der Waals surface area contributed by atoms with Gasteiger partial charge >= 0.3 is 0 Å². The van der Waals surface area contributed by atoms with Gasteiger partial charge in [-0.1, -0.05) is 46.6 Å². The summed E-state index contributed by atoms with van der Waals surface area (Å²) in [6, 6.07) is 13.4. The fraction of sp³-hybridized carbons (Fsp3) is 0.125. The third-order valence-electron chi connectivity index (χ3n) is 3.08. The minimum atomic E-state index is 0.423. The summed E-state index contributed by atoms with van der Waals surface area (Å²) in [6.45, 7) is 2.06. The van der Waals surface area contributed by atoms with Gasteiger partial charge in [0.05, 0.1) is 0 Å². The van der Waals surface area contributed by atoms with Crippen molar-refractivity contribution < 1.29 is 4.52 Å². The molecular weight excluding hydrogens is 286 g/mol. The Morgan fingerprint density at radius 2 is 2.05 bits per heavy atom. The van der Waals surface area contributed by atoms with Crippen LogP contribution >= 0.6 is 11.6 Å². The average Bonchev–Trinajstić information content (AvgIpc) is 2.86. The van der Waals surface area contributed by atoms with Crippen LogP contribution in [0.1, 0.15) is 17.0 Å². The molecule has 3 rings (SSSR count). The van der Waals surface area contributed by atoms with Crippen LogP contribution < -0.4 is 5.73 Å². The van der Waals surface area contributed by atoms with Crippen LogP contribution in [-0.4, -0.2) is 10.1 Å². The molecule has 0 unspecified atom stereocenters. The number of nitrogens with two attached hydrogens (primary N) is 1. The molecule has 1 heterocycles. The molecule has 4 nitrogen and oxygen atoms in total. The van der Waals surface area contributed by atoms with Gasteiger partial charge < -0.3 is 10.3 Å². The van der Waals surface area contributed by atoms with Crippen molar-refractivity contribution in [1.82, 2.24) is 10.1 Å². The number of hydrogen-bond acceptors (Lipinski definition) is 4. The highest BCUT2D eigenvalue weighted by Gasteiger charge is 2.10. The average molecular weight is 300 g/mol. The first-order valence-electron chi connectivity index (χ1n) is 6.55. The molecule has 0 radical (unpaired) electrons. The second-order valence-electron chi connectivity index (χ2n) is 4.95. The summed E-state index contributed by atoms with van der Waals surface area (Å²) in [6.07, 6.45) is 0.626. The van der Waals surface area contributed by atoms with Crippen molar-refractivity contribution in [3.8, 4) is 11.5 Å². The molecule has 0 aliphatic rings. The van der Waals surface area contributed by atoms with Crippen LogP contribution in [0.5, 0.6) is 0 Å². The Kier molecular flexibility index (Phi) is 3.62. The van der Waals surface area contributed by atoms with Gasteiger partial charge in [0.25, 0.3) is 5.89 Å². The van der Waals surface area contributed by atoms with E-state index < -0.39 is 0 Å². The zero-order valence-electron chi connectivity index (χ0n) is 11.5. The second-order valence-corrected chi connectivity index (χ2v) is 5.39. The Morgan fingerprint density at radius 1 is 1.19 bits per heavy atom. The Hall–Kier alpha value is -2.33. The van der Waals surface area contributed by atoms with E-state index in [2.05, 4.69) is 29.2 Å². The van der Waals surface area contributed by atoms with Crippen molar-refractivity contribution in [2.45, 2.75) is 13.3 Å². The van der Waals surface area contributed by atoms with Gasteiger partial charge in [0.1, 0.15) is 0 Å². The van der Waals surface area contributed by atoms with E-state index in [1.165, 1.54) is 5.56 Å². The molecule has 2 N–H and O–H groups in total. The zero-order valence-corrected chi connectivity index (χ0v) is 12.3. The number of nitrogen functional groups attached to an aromatic ring is 1. The van der Waals surface area contributed by atoms with E-state index in [4.69, 9.17) is 21.9 Å². The van der Waals surface area contributed by atoms with Crippen LogP contribution in [0.4, 0.5) is 5.69 Å².